The molecular formula is C24H24N6O3. The van der Waals surface area contributed by atoms with E-state index in [1.807, 2.05) is 29.7 Å². The predicted molar refractivity (Wildman–Crippen MR) is 123 cm³/mol. The van der Waals surface area contributed by atoms with Crippen LogP contribution < -0.4 is 5.32 Å². The minimum atomic E-state index is -0.396. The highest BCUT2D eigenvalue weighted by Gasteiger charge is 2.22. The monoisotopic (exact) mass is 444 g/mol. The molecule has 5 rings (SSSR count). The van der Waals surface area contributed by atoms with Crippen LogP contribution in [0.15, 0.2) is 49.2 Å². The average Bonchev–Trinajstić information content (AvgIpc) is 3.30. The normalized spacial score (nSPS) is 16.0. The van der Waals surface area contributed by atoms with Crippen molar-refractivity contribution in [1.29, 1.82) is 0 Å². The van der Waals surface area contributed by atoms with Gasteiger partial charge in [-0.1, -0.05) is 6.07 Å². The van der Waals surface area contributed by atoms with Gasteiger partial charge in [-0.05, 0) is 56.0 Å². The standard InChI is InChI=1S/C24H24N6O3/c1-15-8-9-16(24(31)32-2)12-18(15)29-22-17(6-5-10-25-22)20-21-23(27-13-26-20)30(14-28-21)19-7-3-4-11-33-19/h5-6,8-10,12-14,19H,3-4,7,11H2,1-2H3,(H,25,29). The van der Waals surface area contributed by atoms with Gasteiger partial charge in [0.25, 0.3) is 0 Å². The maximum absolute atomic E-state index is 12.0. The van der Waals surface area contributed by atoms with E-state index in [4.69, 9.17) is 9.47 Å². The SMILES string of the molecule is COC(=O)c1ccc(C)c(Nc2ncccc2-c2ncnc3c2ncn3C2CCCCO2)c1. The Morgan fingerprint density at radius 1 is 1.18 bits per heavy atom. The molecule has 0 bridgehead atoms. The molecule has 9 nitrogen and oxygen atoms in total. The van der Waals surface area contributed by atoms with E-state index in [1.54, 1.807) is 31.0 Å². The van der Waals surface area contributed by atoms with Crippen LogP contribution in [0.2, 0.25) is 0 Å². The number of aromatic nitrogens is 5. The van der Waals surface area contributed by atoms with Crippen LogP contribution in [0.25, 0.3) is 22.4 Å². The van der Waals surface area contributed by atoms with Gasteiger partial charge < -0.3 is 14.8 Å². The van der Waals surface area contributed by atoms with Gasteiger partial charge in [0.2, 0.25) is 0 Å². The van der Waals surface area contributed by atoms with Crippen LogP contribution in [0.5, 0.6) is 0 Å². The molecule has 168 valence electrons. The zero-order chi connectivity index (χ0) is 22.8. The molecule has 1 aromatic carbocycles. The first-order valence-electron chi connectivity index (χ1n) is 10.9. The zero-order valence-electron chi connectivity index (χ0n) is 18.5. The van der Waals surface area contributed by atoms with Crippen molar-refractivity contribution < 1.29 is 14.3 Å². The van der Waals surface area contributed by atoms with E-state index in [0.29, 0.717) is 22.6 Å². The van der Waals surface area contributed by atoms with Crippen molar-refractivity contribution in [2.75, 3.05) is 19.0 Å². The third-order valence-corrected chi connectivity index (χ3v) is 5.80. The van der Waals surface area contributed by atoms with Crippen LogP contribution in [-0.2, 0) is 9.47 Å². The van der Waals surface area contributed by atoms with Crippen molar-refractivity contribution in [2.24, 2.45) is 0 Å². The fraction of sp³-hybridized carbons (Fsp3) is 0.292. The molecular weight excluding hydrogens is 420 g/mol. The number of aryl methyl sites for hydroxylation is 1. The van der Waals surface area contributed by atoms with Gasteiger partial charge in [0.15, 0.2) is 5.65 Å². The summed E-state index contributed by atoms with van der Waals surface area (Å²) in [5, 5.41) is 3.35. The van der Waals surface area contributed by atoms with Gasteiger partial charge in [-0.3, -0.25) is 4.57 Å². The summed E-state index contributed by atoms with van der Waals surface area (Å²) >= 11 is 0. The first-order valence-corrected chi connectivity index (χ1v) is 10.9. The van der Waals surface area contributed by atoms with Gasteiger partial charge in [-0.2, -0.15) is 0 Å². The number of nitrogens with zero attached hydrogens (tertiary/aromatic N) is 5. The summed E-state index contributed by atoms with van der Waals surface area (Å²) in [5.41, 5.74) is 5.04. The molecule has 0 amide bonds. The number of rotatable bonds is 5. The molecule has 0 saturated carbocycles. The number of imidazole rings is 1. The molecule has 4 aromatic rings. The number of pyridine rings is 1. The fourth-order valence-corrected chi connectivity index (χ4v) is 4.03. The number of fused-ring (bicyclic) bond motifs is 1. The Bertz CT molecular complexity index is 1310. The van der Waals surface area contributed by atoms with Crippen LogP contribution >= 0.6 is 0 Å². The summed E-state index contributed by atoms with van der Waals surface area (Å²) < 4.78 is 12.8. The number of nitrogens with one attached hydrogen (secondary N) is 1. The average molecular weight is 444 g/mol. The van der Waals surface area contributed by atoms with Gasteiger partial charge in [0, 0.05) is 24.1 Å². The molecule has 0 spiro atoms. The van der Waals surface area contributed by atoms with E-state index in [-0.39, 0.29) is 6.23 Å². The van der Waals surface area contributed by atoms with E-state index in [0.717, 1.165) is 48.3 Å². The molecule has 0 aliphatic carbocycles. The maximum atomic E-state index is 12.0. The molecule has 3 aromatic heterocycles. The molecule has 4 heterocycles. The lowest BCUT2D eigenvalue weighted by Gasteiger charge is -2.23. The molecule has 1 fully saturated rings. The lowest BCUT2D eigenvalue weighted by atomic mass is 10.1. The molecule has 0 radical (unpaired) electrons. The smallest absolute Gasteiger partial charge is 0.337 e. The predicted octanol–water partition coefficient (Wildman–Crippen LogP) is 4.43. The second-order valence-electron chi connectivity index (χ2n) is 7.91. The Balaban J connectivity index is 1.55. The lowest BCUT2D eigenvalue weighted by molar-refractivity contribution is -0.0298. The summed E-state index contributed by atoms with van der Waals surface area (Å²) in [4.78, 5) is 30.2. The van der Waals surface area contributed by atoms with Crippen molar-refractivity contribution in [3.05, 3.63) is 60.3 Å². The van der Waals surface area contributed by atoms with Crippen molar-refractivity contribution in [2.45, 2.75) is 32.4 Å². The summed E-state index contributed by atoms with van der Waals surface area (Å²) in [6.07, 6.45) is 8.07. The van der Waals surface area contributed by atoms with E-state index in [1.165, 1.54) is 7.11 Å². The van der Waals surface area contributed by atoms with E-state index >= 15 is 0 Å². The van der Waals surface area contributed by atoms with Crippen LogP contribution in [-0.4, -0.2) is 44.2 Å². The summed E-state index contributed by atoms with van der Waals surface area (Å²) in [6.45, 7) is 2.70. The van der Waals surface area contributed by atoms with E-state index in [2.05, 4.69) is 25.3 Å². The Kier molecular flexibility index (Phi) is 5.70. The highest BCUT2D eigenvalue weighted by molar-refractivity contribution is 5.93. The Morgan fingerprint density at radius 2 is 2.09 bits per heavy atom. The number of anilines is 2. The number of hydrogen-bond acceptors (Lipinski definition) is 8. The topological polar surface area (TPSA) is 104 Å². The second kappa shape index (κ2) is 8.95. The molecule has 1 unspecified atom stereocenters. The number of hydrogen-bond donors (Lipinski definition) is 1. The van der Waals surface area contributed by atoms with Gasteiger partial charge in [-0.25, -0.2) is 24.7 Å². The van der Waals surface area contributed by atoms with Crippen LogP contribution in [0, 0.1) is 6.92 Å². The molecule has 1 atom stereocenters. The fourth-order valence-electron chi connectivity index (χ4n) is 4.03. The molecule has 1 N–H and O–H groups in total. The number of benzene rings is 1. The van der Waals surface area contributed by atoms with Gasteiger partial charge in [0.1, 0.15) is 29.6 Å². The zero-order valence-corrected chi connectivity index (χ0v) is 18.5. The summed E-state index contributed by atoms with van der Waals surface area (Å²) in [7, 11) is 1.37. The number of carbonyl (C=O) groups excluding carboxylic acids is 1. The van der Waals surface area contributed by atoms with Crippen LogP contribution in [0.3, 0.4) is 0 Å². The molecule has 1 saturated heterocycles. The first kappa shape index (κ1) is 21.0. The largest absolute Gasteiger partial charge is 0.465 e. The van der Waals surface area contributed by atoms with Gasteiger partial charge in [-0.15, -0.1) is 0 Å². The summed E-state index contributed by atoms with van der Waals surface area (Å²) in [5.74, 6) is 0.207. The molecule has 9 heteroatoms. The first-order chi connectivity index (χ1) is 16.2. The number of methoxy groups -OCH3 is 1. The van der Waals surface area contributed by atoms with Crippen molar-refractivity contribution in [3.8, 4) is 11.3 Å². The van der Waals surface area contributed by atoms with Crippen molar-refractivity contribution in [3.63, 3.8) is 0 Å². The quantitative estimate of drug-likeness (QED) is 0.451. The Hall–Kier alpha value is -3.85. The minimum Gasteiger partial charge on any atom is -0.465 e. The van der Waals surface area contributed by atoms with E-state index in [9.17, 15) is 4.79 Å². The van der Waals surface area contributed by atoms with Crippen molar-refractivity contribution >= 4 is 28.6 Å². The number of carbonyl (C=O) groups is 1. The number of esters is 1. The maximum Gasteiger partial charge on any atom is 0.337 e. The molecule has 33 heavy (non-hydrogen) atoms. The number of ether oxygens (including phenoxy) is 2. The Morgan fingerprint density at radius 3 is 2.91 bits per heavy atom. The van der Waals surface area contributed by atoms with Crippen LogP contribution in [0.4, 0.5) is 11.5 Å². The van der Waals surface area contributed by atoms with Gasteiger partial charge >= 0.3 is 5.97 Å². The Labute approximate surface area is 190 Å². The second-order valence-corrected chi connectivity index (χ2v) is 7.91. The minimum absolute atomic E-state index is 0.0679. The van der Waals surface area contributed by atoms with E-state index < -0.39 is 5.97 Å². The van der Waals surface area contributed by atoms with Gasteiger partial charge in [0.05, 0.1) is 19.0 Å². The van der Waals surface area contributed by atoms with Crippen molar-refractivity contribution in [1.82, 2.24) is 24.5 Å². The van der Waals surface area contributed by atoms with Crippen LogP contribution in [0.1, 0.15) is 41.4 Å². The molecule has 1 aliphatic rings. The molecule has 1 aliphatic heterocycles. The third-order valence-electron chi connectivity index (χ3n) is 5.80. The summed E-state index contributed by atoms with van der Waals surface area (Å²) in [6, 6.07) is 9.15. The highest BCUT2D eigenvalue weighted by atomic mass is 16.5. The highest BCUT2D eigenvalue weighted by Crippen LogP contribution is 2.33. The third kappa shape index (κ3) is 4.03. The lowest BCUT2D eigenvalue weighted by Crippen LogP contribution is -2.17.